The summed E-state index contributed by atoms with van der Waals surface area (Å²) in [7, 11) is -3.60. The molecule has 0 atom stereocenters. The molecule has 0 spiro atoms. The van der Waals surface area contributed by atoms with Gasteiger partial charge in [0.1, 0.15) is 0 Å². The Bertz CT molecular complexity index is 781. The van der Waals surface area contributed by atoms with Crippen LogP contribution in [0.3, 0.4) is 0 Å². The number of pyridine rings is 1. The molecule has 0 unspecified atom stereocenters. The fourth-order valence-electron chi connectivity index (χ4n) is 1.80. The smallest absolute Gasteiger partial charge is 0.241 e. The van der Waals surface area contributed by atoms with E-state index in [1.165, 1.54) is 6.07 Å². The molecule has 0 aliphatic carbocycles. The largest absolute Gasteiger partial charge is 0.260 e. The van der Waals surface area contributed by atoms with E-state index < -0.39 is 10.0 Å². The Kier molecular flexibility index (Phi) is 5.96. The van der Waals surface area contributed by atoms with E-state index in [1.54, 1.807) is 24.4 Å². The molecule has 6 heteroatoms. The Labute approximate surface area is 135 Å². The minimum Gasteiger partial charge on any atom is -0.260 e. The van der Waals surface area contributed by atoms with Crippen LogP contribution in [-0.2, 0) is 22.3 Å². The summed E-state index contributed by atoms with van der Waals surface area (Å²) in [6, 6.07) is 12.2. The molecule has 0 fully saturated rings. The number of alkyl halides is 1. The van der Waals surface area contributed by atoms with Crippen molar-refractivity contribution < 1.29 is 8.42 Å². The van der Waals surface area contributed by atoms with Crippen molar-refractivity contribution in [1.82, 2.24) is 9.71 Å². The van der Waals surface area contributed by atoms with Crippen LogP contribution in [-0.4, -0.2) is 19.9 Å². The van der Waals surface area contributed by atoms with Gasteiger partial charge in [0.2, 0.25) is 10.0 Å². The van der Waals surface area contributed by atoms with E-state index in [4.69, 9.17) is 11.6 Å². The Balaban J connectivity index is 1.96. The summed E-state index contributed by atoms with van der Waals surface area (Å²) < 4.78 is 26.8. The number of rotatable bonds is 5. The highest BCUT2D eigenvalue weighted by Crippen LogP contribution is 2.16. The van der Waals surface area contributed by atoms with Crippen molar-refractivity contribution in [3.63, 3.8) is 0 Å². The summed E-state index contributed by atoms with van der Waals surface area (Å²) in [5.74, 6) is 5.81. The Morgan fingerprint density at radius 1 is 1.09 bits per heavy atom. The van der Waals surface area contributed by atoms with Gasteiger partial charge in [-0.15, -0.1) is 11.6 Å². The second-order valence-electron chi connectivity index (χ2n) is 4.42. The molecule has 114 valence electrons. The zero-order valence-corrected chi connectivity index (χ0v) is 13.4. The Hall–Kier alpha value is -1.87. The molecule has 0 radical (unpaired) electrons. The van der Waals surface area contributed by atoms with Gasteiger partial charge in [-0.2, -0.15) is 4.72 Å². The van der Waals surface area contributed by atoms with Gasteiger partial charge in [-0.05, 0) is 23.8 Å². The van der Waals surface area contributed by atoms with E-state index in [9.17, 15) is 8.42 Å². The molecule has 0 bridgehead atoms. The fourth-order valence-corrected chi connectivity index (χ4v) is 3.28. The molecule has 0 aliphatic heterocycles. The molecule has 1 aromatic heterocycles. The van der Waals surface area contributed by atoms with Crippen LogP contribution in [0.25, 0.3) is 0 Å². The van der Waals surface area contributed by atoms with Crippen LogP contribution in [0.1, 0.15) is 11.3 Å². The summed E-state index contributed by atoms with van der Waals surface area (Å²) in [6.45, 7) is 0.0474. The maximum atomic E-state index is 12.2. The minimum atomic E-state index is -3.60. The predicted octanol–water partition coefficient (Wildman–Crippen LogP) is 2.34. The first kappa shape index (κ1) is 16.5. The van der Waals surface area contributed by atoms with E-state index in [0.29, 0.717) is 12.0 Å². The highest BCUT2D eigenvalue weighted by molar-refractivity contribution is 7.89. The van der Waals surface area contributed by atoms with Gasteiger partial charge in [0.25, 0.3) is 0 Å². The number of nitrogens with zero attached hydrogens (tertiary/aromatic N) is 1. The van der Waals surface area contributed by atoms with Gasteiger partial charge in [0.05, 0.1) is 23.6 Å². The zero-order chi connectivity index (χ0) is 15.8. The van der Waals surface area contributed by atoms with Crippen molar-refractivity contribution in [2.45, 2.75) is 17.2 Å². The summed E-state index contributed by atoms with van der Waals surface area (Å²) in [4.78, 5) is 4.33. The normalized spacial score (nSPS) is 10.8. The third-order valence-electron chi connectivity index (χ3n) is 2.88. The summed E-state index contributed by atoms with van der Waals surface area (Å²) >= 11 is 5.76. The van der Waals surface area contributed by atoms with Crippen molar-refractivity contribution in [3.05, 3.63) is 59.9 Å². The highest BCUT2D eigenvalue weighted by atomic mass is 35.5. The zero-order valence-electron chi connectivity index (χ0n) is 11.8. The van der Waals surface area contributed by atoms with E-state index in [2.05, 4.69) is 21.5 Å². The number of halogens is 1. The molecular formula is C16H15ClN2O2S. The van der Waals surface area contributed by atoms with Gasteiger partial charge in [-0.1, -0.05) is 36.1 Å². The molecule has 4 nitrogen and oxygen atoms in total. The van der Waals surface area contributed by atoms with E-state index in [0.717, 1.165) is 5.69 Å². The van der Waals surface area contributed by atoms with Crippen LogP contribution in [0, 0.1) is 11.8 Å². The molecule has 0 amide bonds. The third kappa shape index (κ3) is 4.57. The van der Waals surface area contributed by atoms with Gasteiger partial charge in [0.15, 0.2) is 0 Å². The topological polar surface area (TPSA) is 59.1 Å². The van der Waals surface area contributed by atoms with Crippen LogP contribution >= 0.6 is 11.6 Å². The maximum absolute atomic E-state index is 12.2. The van der Waals surface area contributed by atoms with Gasteiger partial charge in [-0.25, -0.2) is 8.42 Å². The van der Waals surface area contributed by atoms with Gasteiger partial charge in [-0.3, -0.25) is 4.98 Å². The highest BCUT2D eigenvalue weighted by Gasteiger charge is 2.16. The van der Waals surface area contributed by atoms with Gasteiger partial charge in [0, 0.05) is 12.1 Å². The SMILES string of the molecule is O=S(=O)(NCC#CCc1ccccn1)c1ccccc1CCl. The first-order valence-electron chi connectivity index (χ1n) is 6.62. The molecule has 22 heavy (non-hydrogen) atoms. The number of benzene rings is 1. The molecule has 0 saturated heterocycles. The predicted molar refractivity (Wildman–Crippen MR) is 86.9 cm³/mol. The van der Waals surface area contributed by atoms with Crippen LogP contribution < -0.4 is 4.72 Å². The minimum absolute atomic E-state index is 0.0474. The van der Waals surface area contributed by atoms with Gasteiger partial charge < -0.3 is 0 Å². The number of hydrogen-bond acceptors (Lipinski definition) is 3. The first-order valence-corrected chi connectivity index (χ1v) is 8.64. The second-order valence-corrected chi connectivity index (χ2v) is 6.42. The molecule has 2 rings (SSSR count). The summed E-state index contributed by atoms with van der Waals surface area (Å²) in [5, 5.41) is 0. The first-order chi connectivity index (χ1) is 10.6. The number of aromatic nitrogens is 1. The van der Waals surface area contributed by atoms with Crippen molar-refractivity contribution in [3.8, 4) is 11.8 Å². The van der Waals surface area contributed by atoms with Crippen LogP contribution in [0.15, 0.2) is 53.6 Å². The molecule has 1 N–H and O–H groups in total. The molecule has 0 saturated carbocycles. The van der Waals surface area contributed by atoms with E-state index in [-0.39, 0.29) is 17.3 Å². The number of sulfonamides is 1. The second kappa shape index (κ2) is 7.95. The van der Waals surface area contributed by atoms with Crippen LogP contribution in [0.4, 0.5) is 0 Å². The number of nitrogens with one attached hydrogen (secondary N) is 1. The molecule has 0 aliphatic rings. The van der Waals surface area contributed by atoms with E-state index >= 15 is 0 Å². The Morgan fingerprint density at radius 2 is 1.86 bits per heavy atom. The van der Waals surface area contributed by atoms with Crippen LogP contribution in [0.2, 0.25) is 0 Å². The molecule has 1 aromatic carbocycles. The maximum Gasteiger partial charge on any atom is 0.241 e. The third-order valence-corrected chi connectivity index (χ3v) is 4.67. The van der Waals surface area contributed by atoms with Crippen molar-refractivity contribution >= 4 is 21.6 Å². The van der Waals surface area contributed by atoms with E-state index in [1.807, 2.05) is 18.2 Å². The lowest BCUT2D eigenvalue weighted by atomic mass is 10.2. The lowest BCUT2D eigenvalue weighted by Crippen LogP contribution is -2.25. The van der Waals surface area contributed by atoms with Crippen molar-refractivity contribution in [2.24, 2.45) is 0 Å². The average Bonchev–Trinajstić information content (AvgIpc) is 2.55. The summed E-state index contributed by atoms with van der Waals surface area (Å²) in [6.07, 6.45) is 2.18. The average molecular weight is 335 g/mol. The van der Waals surface area contributed by atoms with Gasteiger partial charge >= 0.3 is 0 Å². The molecular weight excluding hydrogens is 320 g/mol. The standard InChI is InChI=1S/C16H15ClN2O2S/c17-13-14-7-1-2-10-16(14)22(20,21)19-12-6-4-9-15-8-3-5-11-18-15/h1-3,5,7-8,10-11,19H,9,12-13H2. The Morgan fingerprint density at radius 3 is 2.59 bits per heavy atom. The lowest BCUT2D eigenvalue weighted by molar-refractivity contribution is 0.585. The monoisotopic (exact) mass is 334 g/mol. The quantitative estimate of drug-likeness (QED) is 0.674. The fraction of sp³-hybridized carbons (Fsp3) is 0.188. The number of hydrogen-bond donors (Lipinski definition) is 1. The molecule has 1 heterocycles. The lowest BCUT2D eigenvalue weighted by Gasteiger charge is -2.07. The molecule has 2 aromatic rings. The van der Waals surface area contributed by atoms with Crippen molar-refractivity contribution in [2.75, 3.05) is 6.54 Å². The van der Waals surface area contributed by atoms with Crippen molar-refractivity contribution in [1.29, 1.82) is 0 Å². The van der Waals surface area contributed by atoms with Crippen LogP contribution in [0.5, 0.6) is 0 Å². The summed E-state index contributed by atoms with van der Waals surface area (Å²) in [5.41, 5.74) is 1.42.